The molecule has 21 heavy (non-hydrogen) atoms. The number of halogens is 1. The monoisotopic (exact) mass is 305 g/mol. The van der Waals surface area contributed by atoms with Gasteiger partial charge in [0.1, 0.15) is 0 Å². The maximum Gasteiger partial charge on any atom is 0.339 e. The van der Waals surface area contributed by atoms with Crippen LogP contribution in [0.4, 0.5) is 5.95 Å². The van der Waals surface area contributed by atoms with Crippen molar-refractivity contribution in [1.82, 2.24) is 9.97 Å². The molecule has 1 N–H and O–H groups in total. The molecular formula is C15H16ClN3O2. The third-order valence-corrected chi connectivity index (χ3v) is 3.79. The molecule has 1 aromatic heterocycles. The van der Waals surface area contributed by atoms with E-state index in [9.17, 15) is 4.79 Å². The van der Waals surface area contributed by atoms with E-state index in [1.54, 1.807) is 6.92 Å². The van der Waals surface area contributed by atoms with Crippen LogP contribution in [-0.2, 0) is 0 Å². The molecule has 0 fully saturated rings. The molecule has 0 saturated carbocycles. The second-order valence-electron chi connectivity index (χ2n) is 4.78. The summed E-state index contributed by atoms with van der Waals surface area (Å²) in [6.07, 6.45) is 1.33. The molecule has 1 heterocycles. The summed E-state index contributed by atoms with van der Waals surface area (Å²) in [6, 6.07) is 7.54. The highest BCUT2D eigenvalue weighted by atomic mass is 35.5. The number of rotatable bonds is 4. The maximum atomic E-state index is 11.0. The molecule has 0 bridgehead atoms. The van der Waals surface area contributed by atoms with Crippen molar-refractivity contribution in [3.63, 3.8) is 0 Å². The van der Waals surface area contributed by atoms with E-state index in [4.69, 9.17) is 16.7 Å². The number of aromatic nitrogens is 2. The summed E-state index contributed by atoms with van der Waals surface area (Å²) < 4.78 is 0. The van der Waals surface area contributed by atoms with E-state index in [-0.39, 0.29) is 11.6 Å². The first-order chi connectivity index (χ1) is 9.91. The first-order valence-electron chi connectivity index (χ1n) is 6.46. The molecule has 1 atom stereocenters. The van der Waals surface area contributed by atoms with Crippen LogP contribution in [-0.4, -0.2) is 28.1 Å². The lowest BCUT2D eigenvalue weighted by molar-refractivity contribution is 0.0695. The van der Waals surface area contributed by atoms with Crippen LogP contribution in [0, 0.1) is 6.92 Å². The van der Waals surface area contributed by atoms with Gasteiger partial charge in [0.25, 0.3) is 0 Å². The Bertz CT molecular complexity index is 676. The van der Waals surface area contributed by atoms with Gasteiger partial charge in [-0.15, -0.1) is 0 Å². The quantitative estimate of drug-likeness (QED) is 0.938. The molecule has 0 saturated heterocycles. The Morgan fingerprint density at radius 2 is 2.05 bits per heavy atom. The van der Waals surface area contributed by atoms with Crippen molar-refractivity contribution in [2.45, 2.75) is 19.9 Å². The van der Waals surface area contributed by atoms with Crippen LogP contribution in [0.3, 0.4) is 0 Å². The largest absolute Gasteiger partial charge is 0.478 e. The molecule has 110 valence electrons. The van der Waals surface area contributed by atoms with Gasteiger partial charge in [0.15, 0.2) is 0 Å². The molecule has 1 aromatic carbocycles. The lowest BCUT2D eigenvalue weighted by atomic mass is 10.1. The Morgan fingerprint density at radius 3 is 2.62 bits per heavy atom. The topological polar surface area (TPSA) is 66.3 Å². The van der Waals surface area contributed by atoms with Gasteiger partial charge in [0, 0.05) is 18.3 Å². The first kappa shape index (κ1) is 15.3. The third-order valence-electron chi connectivity index (χ3n) is 3.45. The van der Waals surface area contributed by atoms with Crippen molar-refractivity contribution in [3.8, 4) is 0 Å². The predicted molar refractivity (Wildman–Crippen MR) is 82.0 cm³/mol. The summed E-state index contributed by atoms with van der Waals surface area (Å²) in [5.41, 5.74) is 1.51. The zero-order chi connectivity index (χ0) is 15.6. The van der Waals surface area contributed by atoms with Gasteiger partial charge >= 0.3 is 5.97 Å². The number of aromatic carboxylic acids is 1. The number of nitrogens with zero attached hydrogens (tertiary/aromatic N) is 3. The number of aryl methyl sites for hydroxylation is 1. The van der Waals surface area contributed by atoms with E-state index in [0.717, 1.165) is 5.56 Å². The fourth-order valence-electron chi connectivity index (χ4n) is 2.03. The Kier molecular flexibility index (Phi) is 4.43. The Balaban J connectivity index is 2.32. The Labute approximate surface area is 128 Å². The van der Waals surface area contributed by atoms with Crippen molar-refractivity contribution in [2.24, 2.45) is 0 Å². The highest BCUT2D eigenvalue weighted by Gasteiger charge is 2.18. The minimum atomic E-state index is -1.03. The molecular weight excluding hydrogens is 290 g/mol. The van der Waals surface area contributed by atoms with Gasteiger partial charge in [-0.3, -0.25) is 0 Å². The number of carboxylic acids is 1. The van der Waals surface area contributed by atoms with Crippen molar-refractivity contribution in [1.29, 1.82) is 0 Å². The van der Waals surface area contributed by atoms with E-state index >= 15 is 0 Å². The number of carbonyl (C=O) groups is 1. The van der Waals surface area contributed by atoms with E-state index < -0.39 is 5.97 Å². The normalized spacial score (nSPS) is 12.0. The highest BCUT2D eigenvalue weighted by molar-refractivity contribution is 6.31. The van der Waals surface area contributed by atoms with Crippen LogP contribution in [0.1, 0.15) is 34.6 Å². The molecule has 2 aromatic rings. The summed E-state index contributed by atoms with van der Waals surface area (Å²) in [6.45, 7) is 3.65. The molecule has 0 aliphatic rings. The number of benzene rings is 1. The standard InChI is InChI=1S/C15H16ClN3O2/c1-9-12(14(20)21)8-17-15(18-9)19(3)10(2)11-6-4-5-7-13(11)16/h4-8,10H,1-3H3,(H,20,21). The van der Waals surface area contributed by atoms with Gasteiger partial charge in [-0.1, -0.05) is 29.8 Å². The molecule has 0 aliphatic heterocycles. The number of hydrogen-bond donors (Lipinski definition) is 1. The summed E-state index contributed by atoms with van der Waals surface area (Å²) in [4.78, 5) is 21.2. The van der Waals surface area contributed by atoms with Crippen LogP contribution < -0.4 is 4.90 Å². The summed E-state index contributed by atoms with van der Waals surface area (Å²) in [5.74, 6) is -0.564. The number of hydrogen-bond acceptors (Lipinski definition) is 4. The minimum Gasteiger partial charge on any atom is -0.478 e. The van der Waals surface area contributed by atoms with E-state index in [2.05, 4.69) is 9.97 Å². The van der Waals surface area contributed by atoms with Gasteiger partial charge in [0.2, 0.25) is 5.95 Å². The van der Waals surface area contributed by atoms with Crippen molar-refractivity contribution < 1.29 is 9.90 Å². The Hall–Kier alpha value is -2.14. The van der Waals surface area contributed by atoms with Gasteiger partial charge < -0.3 is 10.0 Å². The van der Waals surface area contributed by atoms with Crippen molar-refractivity contribution in [3.05, 3.63) is 52.3 Å². The van der Waals surface area contributed by atoms with E-state index in [1.165, 1.54) is 6.20 Å². The Morgan fingerprint density at radius 1 is 1.38 bits per heavy atom. The number of anilines is 1. The molecule has 0 aliphatic carbocycles. The molecule has 2 rings (SSSR count). The second-order valence-corrected chi connectivity index (χ2v) is 5.19. The molecule has 6 heteroatoms. The second kappa shape index (κ2) is 6.10. The average Bonchev–Trinajstić information content (AvgIpc) is 2.45. The molecule has 1 unspecified atom stereocenters. The van der Waals surface area contributed by atoms with E-state index in [1.807, 2.05) is 43.1 Å². The van der Waals surface area contributed by atoms with Crippen LogP contribution in [0.2, 0.25) is 5.02 Å². The van der Waals surface area contributed by atoms with Gasteiger partial charge in [0.05, 0.1) is 17.3 Å². The van der Waals surface area contributed by atoms with Crippen LogP contribution in [0.15, 0.2) is 30.5 Å². The van der Waals surface area contributed by atoms with Gasteiger partial charge in [-0.05, 0) is 25.5 Å². The number of carboxylic acid groups (broad SMARTS) is 1. The predicted octanol–water partition coefficient (Wildman–Crippen LogP) is 3.33. The van der Waals surface area contributed by atoms with Crippen molar-refractivity contribution in [2.75, 3.05) is 11.9 Å². The first-order valence-corrected chi connectivity index (χ1v) is 6.83. The molecule has 5 nitrogen and oxygen atoms in total. The van der Waals surface area contributed by atoms with Crippen molar-refractivity contribution >= 4 is 23.5 Å². The SMILES string of the molecule is Cc1nc(N(C)C(C)c2ccccc2Cl)ncc1C(=O)O. The third kappa shape index (κ3) is 3.13. The van der Waals surface area contributed by atoms with E-state index in [0.29, 0.717) is 16.7 Å². The lowest BCUT2D eigenvalue weighted by Crippen LogP contribution is -2.24. The summed E-state index contributed by atoms with van der Waals surface area (Å²) in [5, 5.41) is 9.68. The van der Waals surface area contributed by atoms with Crippen LogP contribution >= 0.6 is 11.6 Å². The molecule has 0 spiro atoms. The van der Waals surface area contributed by atoms with Crippen LogP contribution in [0.5, 0.6) is 0 Å². The fourth-order valence-corrected chi connectivity index (χ4v) is 2.32. The fraction of sp³-hybridized carbons (Fsp3) is 0.267. The lowest BCUT2D eigenvalue weighted by Gasteiger charge is -2.26. The van der Waals surface area contributed by atoms with Gasteiger partial charge in [-0.2, -0.15) is 0 Å². The smallest absolute Gasteiger partial charge is 0.339 e. The zero-order valence-electron chi connectivity index (χ0n) is 12.0. The van der Waals surface area contributed by atoms with Crippen LogP contribution in [0.25, 0.3) is 0 Å². The highest BCUT2D eigenvalue weighted by Crippen LogP contribution is 2.28. The van der Waals surface area contributed by atoms with Gasteiger partial charge in [-0.25, -0.2) is 14.8 Å². The minimum absolute atomic E-state index is 0.0335. The zero-order valence-corrected chi connectivity index (χ0v) is 12.8. The molecule has 0 radical (unpaired) electrons. The summed E-state index contributed by atoms with van der Waals surface area (Å²) >= 11 is 6.20. The molecule has 0 amide bonds. The average molecular weight is 306 g/mol. The maximum absolute atomic E-state index is 11.0. The summed E-state index contributed by atoms with van der Waals surface area (Å²) in [7, 11) is 1.85.